The molecule has 0 bridgehead atoms. The standard InChI is InChI=1S/C16H21F3N2O3/c17-16(18,19)14(22)6-7-20-15(23)13-11-21(8-9-24-13)10-12-4-2-1-3-5-12/h1-5,13-14,22H,6-11H2,(H,20,23)/t13-,14-/m1/s1. The van der Waals surface area contributed by atoms with Crippen molar-refractivity contribution in [2.24, 2.45) is 0 Å². The lowest BCUT2D eigenvalue weighted by atomic mass is 10.2. The van der Waals surface area contributed by atoms with Crippen LogP contribution in [-0.4, -0.2) is 60.5 Å². The van der Waals surface area contributed by atoms with Gasteiger partial charge in [-0.05, 0) is 12.0 Å². The second-order valence-corrected chi connectivity index (χ2v) is 5.72. The molecule has 2 rings (SSSR count). The molecule has 1 aliphatic heterocycles. The molecule has 0 radical (unpaired) electrons. The summed E-state index contributed by atoms with van der Waals surface area (Å²) in [5.74, 6) is -0.456. The van der Waals surface area contributed by atoms with Crippen molar-refractivity contribution in [1.82, 2.24) is 10.2 Å². The van der Waals surface area contributed by atoms with Gasteiger partial charge in [0, 0.05) is 26.2 Å². The minimum atomic E-state index is -4.67. The van der Waals surface area contributed by atoms with E-state index in [1.54, 1.807) is 0 Å². The number of ether oxygens (including phenoxy) is 1. The topological polar surface area (TPSA) is 61.8 Å². The van der Waals surface area contributed by atoms with Gasteiger partial charge in [0.25, 0.3) is 0 Å². The first-order chi connectivity index (χ1) is 11.4. The molecule has 24 heavy (non-hydrogen) atoms. The molecular weight excluding hydrogens is 325 g/mol. The molecular formula is C16H21F3N2O3. The number of carbonyl (C=O) groups is 1. The average molecular weight is 346 g/mol. The first-order valence-electron chi connectivity index (χ1n) is 7.76. The molecule has 1 fully saturated rings. The highest BCUT2D eigenvalue weighted by molar-refractivity contribution is 5.81. The van der Waals surface area contributed by atoms with Gasteiger partial charge in [-0.3, -0.25) is 9.69 Å². The van der Waals surface area contributed by atoms with Crippen LogP contribution in [0.15, 0.2) is 30.3 Å². The quantitative estimate of drug-likeness (QED) is 0.816. The number of alkyl halides is 3. The summed E-state index contributed by atoms with van der Waals surface area (Å²) in [5, 5.41) is 11.3. The second-order valence-electron chi connectivity index (χ2n) is 5.72. The van der Waals surface area contributed by atoms with Gasteiger partial charge in [-0.25, -0.2) is 0 Å². The second kappa shape index (κ2) is 8.46. The molecule has 1 heterocycles. The molecule has 134 valence electrons. The molecule has 0 spiro atoms. The van der Waals surface area contributed by atoms with Crippen molar-refractivity contribution >= 4 is 5.91 Å². The predicted octanol–water partition coefficient (Wildman–Crippen LogP) is 1.32. The van der Waals surface area contributed by atoms with Crippen LogP contribution in [0.25, 0.3) is 0 Å². The highest BCUT2D eigenvalue weighted by atomic mass is 19.4. The van der Waals surface area contributed by atoms with Gasteiger partial charge in [0.05, 0.1) is 6.61 Å². The summed E-state index contributed by atoms with van der Waals surface area (Å²) in [7, 11) is 0. The van der Waals surface area contributed by atoms with E-state index in [2.05, 4.69) is 10.2 Å². The van der Waals surface area contributed by atoms with Crippen molar-refractivity contribution in [2.45, 2.75) is 31.3 Å². The normalized spacial score (nSPS) is 20.6. The van der Waals surface area contributed by atoms with Crippen molar-refractivity contribution in [3.05, 3.63) is 35.9 Å². The molecule has 2 N–H and O–H groups in total. The van der Waals surface area contributed by atoms with E-state index in [-0.39, 0.29) is 6.54 Å². The Labute approximate surface area is 138 Å². The van der Waals surface area contributed by atoms with Gasteiger partial charge in [-0.2, -0.15) is 13.2 Å². The average Bonchev–Trinajstić information content (AvgIpc) is 2.55. The molecule has 1 aromatic rings. The maximum absolute atomic E-state index is 12.2. The summed E-state index contributed by atoms with van der Waals surface area (Å²) >= 11 is 0. The fourth-order valence-electron chi connectivity index (χ4n) is 2.46. The zero-order valence-corrected chi connectivity index (χ0v) is 13.1. The number of nitrogens with one attached hydrogen (secondary N) is 1. The van der Waals surface area contributed by atoms with E-state index in [1.165, 1.54) is 0 Å². The van der Waals surface area contributed by atoms with Crippen molar-refractivity contribution in [3.63, 3.8) is 0 Å². The lowest BCUT2D eigenvalue weighted by Gasteiger charge is -2.32. The van der Waals surface area contributed by atoms with Gasteiger partial charge >= 0.3 is 6.18 Å². The van der Waals surface area contributed by atoms with Crippen LogP contribution in [-0.2, 0) is 16.1 Å². The van der Waals surface area contributed by atoms with E-state index in [9.17, 15) is 18.0 Å². The number of hydrogen-bond donors (Lipinski definition) is 2. The Kier molecular flexibility index (Phi) is 6.59. The highest BCUT2D eigenvalue weighted by Crippen LogP contribution is 2.21. The molecule has 0 unspecified atom stereocenters. The van der Waals surface area contributed by atoms with Crippen molar-refractivity contribution in [3.8, 4) is 0 Å². The Morgan fingerprint density at radius 3 is 2.75 bits per heavy atom. The van der Waals surface area contributed by atoms with Crippen LogP contribution in [0.3, 0.4) is 0 Å². The Bertz CT molecular complexity index is 525. The molecule has 2 atom stereocenters. The van der Waals surface area contributed by atoms with E-state index in [4.69, 9.17) is 9.84 Å². The molecule has 0 aliphatic carbocycles. The molecule has 5 nitrogen and oxygen atoms in total. The van der Waals surface area contributed by atoms with Crippen molar-refractivity contribution in [1.29, 1.82) is 0 Å². The summed E-state index contributed by atoms with van der Waals surface area (Å²) in [4.78, 5) is 14.1. The minimum absolute atomic E-state index is 0.252. The van der Waals surface area contributed by atoms with Gasteiger partial charge in [-0.1, -0.05) is 30.3 Å². The van der Waals surface area contributed by atoms with Crippen molar-refractivity contribution in [2.75, 3.05) is 26.2 Å². The van der Waals surface area contributed by atoms with Gasteiger partial charge < -0.3 is 15.2 Å². The number of hydrogen-bond acceptors (Lipinski definition) is 4. The fraction of sp³-hybridized carbons (Fsp3) is 0.562. The van der Waals surface area contributed by atoms with E-state index < -0.39 is 30.7 Å². The van der Waals surface area contributed by atoms with E-state index in [1.807, 2.05) is 30.3 Å². The van der Waals surface area contributed by atoms with Crippen LogP contribution in [0.2, 0.25) is 0 Å². The number of rotatable bonds is 6. The number of aliphatic hydroxyl groups excluding tert-OH is 1. The molecule has 1 aliphatic rings. The number of morpholine rings is 1. The lowest BCUT2D eigenvalue weighted by Crippen LogP contribution is -2.50. The van der Waals surface area contributed by atoms with Crippen LogP contribution in [0, 0.1) is 0 Å². The minimum Gasteiger partial charge on any atom is -0.384 e. The molecule has 0 aromatic heterocycles. The van der Waals surface area contributed by atoms with Gasteiger partial charge in [0.1, 0.15) is 6.10 Å². The number of benzene rings is 1. The SMILES string of the molecule is O=C(NCC[C@@H](O)C(F)(F)F)[C@H]1CN(Cc2ccccc2)CCO1. The Morgan fingerprint density at radius 1 is 1.38 bits per heavy atom. The number of carbonyl (C=O) groups excluding carboxylic acids is 1. The summed E-state index contributed by atoms with van der Waals surface area (Å²) < 4.78 is 42.0. The summed E-state index contributed by atoms with van der Waals surface area (Å²) in [6, 6.07) is 9.78. The molecule has 0 saturated carbocycles. The van der Waals surface area contributed by atoms with Crippen molar-refractivity contribution < 1.29 is 27.8 Å². The maximum atomic E-state index is 12.2. The fourth-order valence-corrected chi connectivity index (χ4v) is 2.46. The van der Waals surface area contributed by atoms with Crippen LogP contribution < -0.4 is 5.32 Å². The van der Waals surface area contributed by atoms with Crippen LogP contribution in [0.5, 0.6) is 0 Å². The van der Waals surface area contributed by atoms with Crippen LogP contribution in [0.4, 0.5) is 13.2 Å². The Morgan fingerprint density at radius 2 is 2.08 bits per heavy atom. The summed E-state index contributed by atoms with van der Waals surface area (Å²) in [6.07, 6.45) is -8.39. The summed E-state index contributed by atoms with van der Waals surface area (Å²) in [5.41, 5.74) is 1.12. The monoisotopic (exact) mass is 346 g/mol. The maximum Gasteiger partial charge on any atom is 0.414 e. The number of nitrogens with zero attached hydrogens (tertiary/aromatic N) is 1. The number of amides is 1. The highest BCUT2D eigenvalue weighted by Gasteiger charge is 2.37. The lowest BCUT2D eigenvalue weighted by molar-refractivity contribution is -0.205. The molecule has 1 amide bonds. The predicted molar refractivity (Wildman–Crippen MR) is 81.1 cm³/mol. The van der Waals surface area contributed by atoms with E-state index in [0.717, 1.165) is 5.56 Å². The largest absolute Gasteiger partial charge is 0.414 e. The Hall–Kier alpha value is -1.64. The third-order valence-electron chi connectivity index (χ3n) is 3.79. The van der Waals surface area contributed by atoms with E-state index in [0.29, 0.717) is 26.2 Å². The van der Waals surface area contributed by atoms with Gasteiger partial charge in [-0.15, -0.1) is 0 Å². The zero-order valence-electron chi connectivity index (χ0n) is 13.1. The van der Waals surface area contributed by atoms with Gasteiger partial charge in [0.2, 0.25) is 5.91 Å². The number of halogens is 3. The third kappa shape index (κ3) is 5.77. The summed E-state index contributed by atoms with van der Waals surface area (Å²) in [6.45, 7) is 1.88. The smallest absolute Gasteiger partial charge is 0.384 e. The first kappa shape index (κ1) is 18.7. The van der Waals surface area contributed by atoms with Crippen LogP contribution in [0.1, 0.15) is 12.0 Å². The molecule has 8 heteroatoms. The number of aliphatic hydroxyl groups is 1. The van der Waals surface area contributed by atoms with Gasteiger partial charge in [0.15, 0.2) is 6.10 Å². The first-order valence-corrected chi connectivity index (χ1v) is 7.76. The van der Waals surface area contributed by atoms with E-state index >= 15 is 0 Å². The zero-order chi connectivity index (χ0) is 17.6. The third-order valence-corrected chi connectivity index (χ3v) is 3.79. The molecule has 1 aromatic carbocycles. The Balaban J connectivity index is 1.76. The molecule has 1 saturated heterocycles. The van der Waals surface area contributed by atoms with Crippen LogP contribution >= 0.6 is 0 Å².